The van der Waals surface area contributed by atoms with Crippen LogP contribution in [0.15, 0.2) is 42.0 Å². The quantitative estimate of drug-likeness (QED) is 0.321. The number of benzene rings is 2. The summed E-state index contributed by atoms with van der Waals surface area (Å²) >= 11 is 0. The van der Waals surface area contributed by atoms with Gasteiger partial charge in [0, 0.05) is 28.3 Å². The molecule has 0 bridgehead atoms. The molecule has 0 heterocycles. The molecular weight excluding hydrogens is 418 g/mol. The van der Waals surface area contributed by atoms with Gasteiger partial charge in [0.15, 0.2) is 0 Å². The maximum Gasteiger partial charge on any atom is 0.331 e. The van der Waals surface area contributed by atoms with Crippen LogP contribution in [0.25, 0.3) is 6.08 Å². The lowest BCUT2D eigenvalue weighted by molar-refractivity contribution is -0.132. The van der Waals surface area contributed by atoms with Gasteiger partial charge in [-0.25, -0.2) is 4.79 Å². The third kappa shape index (κ3) is 7.38. The number of carbonyl (C=O) groups is 2. The number of amides is 1. The summed E-state index contributed by atoms with van der Waals surface area (Å²) in [6, 6.07) is 11.3. The van der Waals surface area contributed by atoms with Crippen molar-refractivity contribution < 1.29 is 24.2 Å². The van der Waals surface area contributed by atoms with E-state index in [-0.39, 0.29) is 11.5 Å². The van der Waals surface area contributed by atoms with Crippen LogP contribution in [-0.4, -0.2) is 30.7 Å². The molecule has 2 rings (SSSR count). The van der Waals surface area contributed by atoms with Gasteiger partial charge in [0.1, 0.15) is 11.5 Å². The third-order valence-electron chi connectivity index (χ3n) is 5.64. The number of nitrogens with one attached hydrogen (secondary N) is 1. The second-order valence-corrected chi connectivity index (χ2v) is 8.84. The molecule has 2 N–H and O–H groups in total. The minimum Gasteiger partial charge on any atom is -0.496 e. The minimum atomic E-state index is -0.958. The molecule has 0 radical (unpaired) electrons. The normalized spacial score (nSPS) is 11.8. The number of aliphatic carboxylic acids is 1. The zero-order valence-corrected chi connectivity index (χ0v) is 20.5. The summed E-state index contributed by atoms with van der Waals surface area (Å²) in [5, 5.41) is 12.2. The van der Waals surface area contributed by atoms with Crippen LogP contribution in [0.4, 0.5) is 5.69 Å². The highest BCUT2D eigenvalue weighted by Crippen LogP contribution is 2.29. The summed E-state index contributed by atoms with van der Waals surface area (Å²) in [6.07, 6.45) is 3.40. The fourth-order valence-corrected chi connectivity index (χ4v) is 3.38. The van der Waals surface area contributed by atoms with Gasteiger partial charge in [-0.2, -0.15) is 0 Å². The molecule has 0 aliphatic rings. The Bertz CT molecular complexity index is 1020. The van der Waals surface area contributed by atoms with E-state index in [1.807, 2.05) is 39.8 Å². The number of methoxy groups -OCH3 is 1. The van der Waals surface area contributed by atoms with E-state index < -0.39 is 11.4 Å². The fourth-order valence-electron chi connectivity index (χ4n) is 3.38. The Morgan fingerprint density at radius 3 is 2.45 bits per heavy atom. The molecule has 0 unspecified atom stereocenters. The number of carboxylic acid groups (broad SMARTS) is 1. The summed E-state index contributed by atoms with van der Waals surface area (Å²) in [6.45, 7) is 10.2. The van der Waals surface area contributed by atoms with E-state index in [0.717, 1.165) is 23.3 Å². The Balaban J connectivity index is 1.99. The predicted molar refractivity (Wildman–Crippen MR) is 132 cm³/mol. The van der Waals surface area contributed by atoms with Gasteiger partial charge >= 0.3 is 5.97 Å². The lowest BCUT2D eigenvalue weighted by Gasteiger charge is -2.24. The molecule has 0 aliphatic carbocycles. The summed E-state index contributed by atoms with van der Waals surface area (Å²) < 4.78 is 11.3. The molecule has 0 saturated heterocycles. The van der Waals surface area contributed by atoms with E-state index in [9.17, 15) is 14.7 Å². The number of carbonyl (C=O) groups excluding carboxylic acids is 1. The molecule has 178 valence electrons. The molecule has 2 aromatic rings. The van der Waals surface area contributed by atoms with Crippen molar-refractivity contribution >= 4 is 23.6 Å². The molecule has 6 heteroatoms. The summed E-state index contributed by atoms with van der Waals surface area (Å²) in [5.41, 5.74) is 3.20. The second kappa shape index (κ2) is 11.5. The van der Waals surface area contributed by atoms with Gasteiger partial charge in [-0.15, -0.1) is 0 Å². The van der Waals surface area contributed by atoms with Crippen molar-refractivity contribution in [3.05, 3.63) is 58.7 Å². The van der Waals surface area contributed by atoms with Gasteiger partial charge in [-0.3, -0.25) is 4.79 Å². The topological polar surface area (TPSA) is 84.9 Å². The maximum atomic E-state index is 12.9. The number of hydrogen-bond acceptors (Lipinski definition) is 4. The van der Waals surface area contributed by atoms with Crippen molar-refractivity contribution in [3.63, 3.8) is 0 Å². The monoisotopic (exact) mass is 453 g/mol. The largest absolute Gasteiger partial charge is 0.496 e. The molecule has 0 saturated carbocycles. The van der Waals surface area contributed by atoms with Crippen LogP contribution in [0.3, 0.4) is 0 Å². The van der Waals surface area contributed by atoms with Gasteiger partial charge < -0.3 is 19.9 Å². The molecule has 0 aromatic heterocycles. The molecule has 0 spiro atoms. The number of aryl methyl sites for hydroxylation is 2. The summed E-state index contributed by atoms with van der Waals surface area (Å²) in [7, 11) is 1.52. The number of hydrogen-bond donors (Lipinski definition) is 2. The molecule has 1 amide bonds. The van der Waals surface area contributed by atoms with E-state index >= 15 is 0 Å². The highest BCUT2D eigenvalue weighted by Gasteiger charge is 2.27. The summed E-state index contributed by atoms with van der Waals surface area (Å²) in [4.78, 5) is 24.2. The van der Waals surface area contributed by atoms with Crippen LogP contribution in [0.1, 0.15) is 56.7 Å². The number of ether oxygens (including phenoxy) is 2. The lowest BCUT2D eigenvalue weighted by atomic mass is 9.87. The first-order valence-corrected chi connectivity index (χ1v) is 11.2. The SMILES string of the molecule is CCC(=Cc1ccc(NC(=O)C(C)(C)CCCOc2cc(C)ccc2C)cc1OC)C(=O)O. The van der Waals surface area contributed by atoms with E-state index in [1.165, 1.54) is 7.11 Å². The average molecular weight is 454 g/mol. The van der Waals surface area contributed by atoms with E-state index in [0.29, 0.717) is 36.4 Å². The molecule has 0 atom stereocenters. The van der Waals surface area contributed by atoms with Crippen LogP contribution >= 0.6 is 0 Å². The Labute approximate surface area is 196 Å². The first-order valence-electron chi connectivity index (χ1n) is 11.2. The molecule has 6 nitrogen and oxygen atoms in total. The van der Waals surface area contributed by atoms with Crippen molar-refractivity contribution in [3.8, 4) is 11.5 Å². The molecule has 0 aliphatic heterocycles. The van der Waals surface area contributed by atoms with Gasteiger partial charge in [-0.1, -0.05) is 32.9 Å². The van der Waals surface area contributed by atoms with Crippen LogP contribution in [0, 0.1) is 19.3 Å². The van der Waals surface area contributed by atoms with Crippen molar-refractivity contribution in [2.24, 2.45) is 5.41 Å². The Morgan fingerprint density at radius 2 is 1.82 bits per heavy atom. The first-order chi connectivity index (χ1) is 15.6. The highest BCUT2D eigenvalue weighted by atomic mass is 16.5. The Morgan fingerprint density at radius 1 is 1.09 bits per heavy atom. The second-order valence-electron chi connectivity index (χ2n) is 8.84. The first kappa shape index (κ1) is 26.0. The van der Waals surface area contributed by atoms with E-state index in [1.54, 1.807) is 31.2 Å². The average Bonchev–Trinajstić information content (AvgIpc) is 2.77. The van der Waals surface area contributed by atoms with E-state index in [4.69, 9.17) is 9.47 Å². The van der Waals surface area contributed by atoms with Crippen LogP contribution in [0.2, 0.25) is 0 Å². The lowest BCUT2D eigenvalue weighted by Crippen LogP contribution is -2.31. The number of anilines is 1. The van der Waals surface area contributed by atoms with Crippen molar-refractivity contribution in [2.45, 2.75) is 53.9 Å². The van der Waals surface area contributed by atoms with Gasteiger partial charge in [0.2, 0.25) is 5.91 Å². The highest BCUT2D eigenvalue weighted by molar-refractivity contribution is 5.96. The standard InChI is InChI=1S/C27H35NO5/c1-7-20(25(29)30)16-21-11-12-22(17-24(21)32-6)28-26(31)27(4,5)13-8-14-33-23-15-18(2)9-10-19(23)3/h9-12,15-17H,7-8,13-14H2,1-6H3,(H,28,31)(H,29,30). The van der Waals surface area contributed by atoms with Crippen molar-refractivity contribution in [1.82, 2.24) is 0 Å². The van der Waals surface area contributed by atoms with Crippen molar-refractivity contribution in [2.75, 3.05) is 19.0 Å². The smallest absolute Gasteiger partial charge is 0.331 e. The number of carboxylic acids is 1. The van der Waals surface area contributed by atoms with Gasteiger partial charge in [-0.05, 0) is 68.5 Å². The zero-order valence-electron chi connectivity index (χ0n) is 20.5. The van der Waals surface area contributed by atoms with Gasteiger partial charge in [0.25, 0.3) is 0 Å². The predicted octanol–water partition coefficient (Wildman–Crippen LogP) is 6.01. The summed E-state index contributed by atoms with van der Waals surface area (Å²) in [5.74, 6) is 0.326. The molecule has 0 fully saturated rings. The van der Waals surface area contributed by atoms with Crippen molar-refractivity contribution in [1.29, 1.82) is 0 Å². The van der Waals surface area contributed by atoms with Crippen LogP contribution in [-0.2, 0) is 9.59 Å². The zero-order chi connectivity index (χ0) is 24.6. The molecule has 2 aromatic carbocycles. The van der Waals surface area contributed by atoms with Crippen LogP contribution in [0.5, 0.6) is 11.5 Å². The maximum absolute atomic E-state index is 12.9. The van der Waals surface area contributed by atoms with Gasteiger partial charge in [0.05, 0.1) is 13.7 Å². The Kier molecular flexibility index (Phi) is 9.09. The van der Waals surface area contributed by atoms with Crippen LogP contribution < -0.4 is 14.8 Å². The third-order valence-corrected chi connectivity index (χ3v) is 5.64. The minimum absolute atomic E-state index is 0.0978. The van der Waals surface area contributed by atoms with E-state index in [2.05, 4.69) is 11.4 Å². The number of rotatable bonds is 11. The molecule has 33 heavy (non-hydrogen) atoms. The molecular formula is C27H35NO5. The Hall–Kier alpha value is -3.28. The fraction of sp³-hybridized carbons (Fsp3) is 0.407.